The van der Waals surface area contributed by atoms with E-state index >= 15 is 0 Å². The maximum atomic E-state index is 13.9. The van der Waals surface area contributed by atoms with Crippen LogP contribution in [0.1, 0.15) is 13.3 Å². The second kappa shape index (κ2) is 6.00. The van der Waals surface area contributed by atoms with Crippen molar-refractivity contribution in [1.29, 1.82) is 0 Å². The second-order valence-electron chi connectivity index (χ2n) is 4.32. The number of ether oxygens (including phenoxy) is 1. The number of halogens is 2. The number of benzene rings is 1. The lowest BCUT2D eigenvalue weighted by atomic mass is 10.2. The fraction of sp³-hybridized carbons (Fsp3) is 0.538. The lowest BCUT2D eigenvalue weighted by Crippen LogP contribution is -2.44. The van der Waals surface area contributed by atoms with Gasteiger partial charge in [0.05, 0.1) is 6.61 Å². The van der Waals surface area contributed by atoms with Crippen LogP contribution in [-0.4, -0.2) is 32.8 Å². The lowest BCUT2D eigenvalue weighted by molar-refractivity contribution is 0.314. The van der Waals surface area contributed by atoms with E-state index in [0.29, 0.717) is 19.7 Å². The van der Waals surface area contributed by atoms with Crippen molar-refractivity contribution in [3.8, 4) is 5.75 Å². The van der Waals surface area contributed by atoms with Crippen molar-refractivity contribution in [2.24, 2.45) is 0 Å². The van der Waals surface area contributed by atoms with Gasteiger partial charge in [-0.1, -0.05) is 6.92 Å². The fourth-order valence-electron chi connectivity index (χ4n) is 2.04. The first-order valence-corrected chi connectivity index (χ1v) is 6.30. The van der Waals surface area contributed by atoms with Crippen molar-refractivity contribution in [1.82, 2.24) is 5.32 Å². The summed E-state index contributed by atoms with van der Waals surface area (Å²) in [6, 6.07) is 2.52. The Morgan fingerprint density at radius 3 is 2.39 bits per heavy atom. The van der Waals surface area contributed by atoms with Gasteiger partial charge in [0.25, 0.3) is 0 Å². The van der Waals surface area contributed by atoms with Crippen molar-refractivity contribution < 1.29 is 13.5 Å². The van der Waals surface area contributed by atoms with Gasteiger partial charge in [-0.3, -0.25) is 0 Å². The summed E-state index contributed by atoms with van der Waals surface area (Å²) in [6.07, 6.45) is 0.808. The summed E-state index contributed by atoms with van der Waals surface area (Å²) < 4.78 is 33.1. The molecule has 3 nitrogen and oxygen atoms in total. The molecule has 0 atom stereocenters. The predicted molar refractivity (Wildman–Crippen MR) is 67.2 cm³/mol. The van der Waals surface area contributed by atoms with Crippen LogP contribution in [0.5, 0.6) is 5.75 Å². The Balaban J connectivity index is 2.20. The van der Waals surface area contributed by atoms with Crippen LogP contribution < -0.4 is 15.0 Å². The summed E-state index contributed by atoms with van der Waals surface area (Å²) in [7, 11) is 0. The Hall–Kier alpha value is -1.36. The van der Waals surface area contributed by atoms with E-state index in [0.717, 1.165) is 19.5 Å². The van der Waals surface area contributed by atoms with Crippen molar-refractivity contribution in [2.45, 2.75) is 13.3 Å². The third-order valence-corrected chi connectivity index (χ3v) is 2.90. The van der Waals surface area contributed by atoms with E-state index in [-0.39, 0.29) is 11.4 Å². The monoisotopic (exact) mass is 256 g/mol. The maximum absolute atomic E-state index is 13.9. The van der Waals surface area contributed by atoms with Gasteiger partial charge in [-0.05, 0) is 6.42 Å². The Morgan fingerprint density at radius 2 is 1.83 bits per heavy atom. The van der Waals surface area contributed by atoms with Crippen LogP contribution >= 0.6 is 0 Å². The van der Waals surface area contributed by atoms with Crippen LogP contribution in [0.4, 0.5) is 14.5 Å². The number of hydrogen-bond acceptors (Lipinski definition) is 3. The van der Waals surface area contributed by atoms with E-state index in [9.17, 15) is 8.78 Å². The van der Waals surface area contributed by atoms with E-state index in [1.165, 1.54) is 12.1 Å². The van der Waals surface area contributed by atoms with Crippen LogP contribution in [0.3, 0.4) is 0 Å². The molecule has 0 unspecified atom stereocenters. The highest BCUT2D eigenvalue weighted by atomic mass is 19.1. The molecule has 0 aliphatic carbocycles. The van der Waals surface area contributed by atoms with Crippen LogP contribution in [0.15, 0.2) is 12.1 Å². The van der Waals surface area contributed by atoms with Gasteiger partial charge in [0.15, 0.2) is 11.6 Å². The zero-order valence-electron chi connectivity index (χ0n) is 10.5. The Bertz CT molecular complexity index is 383. The average Bonchev–Trinajstić information content (AvgIpc) is 2.37. The third-order valence-electron chi connectivity index (χ3n) is 2.90. The molecule has 0 spiro atoms. The number of piperazine rings is 1. The van der Waals surface area contributed by atoms with Gasteiger partial charge in [-0.15, -0.1) is 0 Å². The molecule has 0 bridgehead atoms. The summed E-state index contributed by atoms with van der Waals surface area (Å²) in [4.78, 5) is 1.73. The molecule has 1 aliphatic heterocycles. The molecule has 2 rings (SSSR count). The molecule has 0 amide bonds. The van der Waals surface area contributed by atoms with E-state index in [1.807, 2.05) is 6.92 Å². The highest BCUT2D eigenvalue weighted by Gasteiger charge is 2.20. The summed E-state index contributed by atoms with van der Waals surface area (Å²) in [5, 5.41) is 3.15. The Labute approximate surface area is 106 Å². The molecule has 1 aliphatic rings. The van der Waals surface area contributed by atoms with Gasteiger partial charge in [-0.25, -0.2) is 8.78 Å². The second-order valence-corrected chi connectivity index (χ2v) is 4.32. The molecule has 5 heteroatoms. The normalized spacial score (nSPS) is 15.8. The van der Waals surface area contributed by atoms with Crippen molar-refractivity contribution in [3.63, 3.8) is 0 Å². The van der Waals surface area contributed by atoms with Crippen molar-refractivity contribution in [3.05, 3.63) is 23.8 Å². The number of rotatable bonds is 4. The van der Waals surface area contributed by atoms with E-state index in [1.54, 1.807) is 4.90 Å². The van der Waals surface area contributed by atoms with Gasteiger partial charge >= 0.3 is 0 Å². The van der Waals surface area contributed by atoms with Crippen LogP contribution in [0, 0.1) is 11.6 Å². The highest BCUT2D eigenvalue weighted by Crippen LogP contribution is 2.28. The largest absolute Gasteiger partial charge is 0.493 e. The lowest BCUT2D eigenvalue weighted by Gasteiger charge is -2.30. The molecule has 0 radical (unpaired) electrons. The molecule has 100 valence electrons. The summed E-state index contributed by atoms with van der Waals surface area (Å²) >= 11 is 0. The molecular weight excluding hydrogens is 238 g/mol. The summed E-state index contributed by atoms with van der Waals surface area (Å²) in [5.74, 6) is -0.850. The molecular formula is C13H18F2N2O. The topological polar surface area (TPSA) is 24.5 Å². The molecule has 1 aromatic rings. The predicted octanol–water partition coefficient (Wildman–Crippen LogP) is 2.16. The number of nitrogens with zero attached hydrogens (tertiary/aromatic N) is 1. The third kappa shape index (κ3) is 2.90. The first-order valence-electron chi connectivity index (χ1n) is 6.30. The van der Waals surface area contributed by atoms with Crippen LogP contribution in [0.25, 0.3) is 0 Å². The molecule has 1 saturated heterocycles. The van der Waals surface area contributed by atoms with Gasteiger partial charge < -0.3 is 15.0 Å². The zero-order chi connectivity index (χ0) is 13.0. The molecule has 1 heterocycles. The summed E-state index contributed by atoms with van der Waals surface area (Å²) in [6.45, 7) is 5.12. The molecule has 1 fully saturated rings. The Morgan fingerprint density at radius 1 is 1.22 bits per heavy atom. The molecule has 1 N–H and O–H groups in total. The first-order chi connectivity index (χ1) is 8.72. The molecule has 18 heavy (non-hydrogen) atoms. The standard InChI is InChI=1S/C13H18F2N2O/c1-2-7-18-10-8-11(14)13(12(15)9-10)17-5-3-16-4-6-17/h8-9,16H,2-7H2,1H3. The van der Waals surface area contributed by atoms with Crippen molar-refractivity contribution >= 4 is 5.69 Å². The van der Waals surface area contributed by atoms with Gasteiger partial charge in [0.2, 0.25) is 0 Å². The smallest absolute Gasteiger partial charge is 0.153 e. The zero-order valence-corrected chi connectivity index (χ0v) is 10.5. The molecule has 0 aromatic heterocycles. The minimum Gasteiger partial charge on any atom is -0.493 e. The maximum Gasteiger partial charge on any atom is 0.153 e. The number of nitrogens with one attached hydrogen (secondary N) is 1. The highest BCUT2D eigenvalue weighted by molar-refractivity contribution is 5.52. The first kappa shape index (κ1) is 13.1. The van der Waals surface area contributed by atoms with E-state index < -0.39 is 11.6 Å². The average molecular weight is 256 g/mol. The van der Waals surface area contributed by atoms with Crippen LogP contribution in [0.2, 0.25) is 0 Å². The van der Waals surface area contributed by atoms with E-state index in [4.69, 9.17) is 4.74 Å². The van der Waals surface area contributed by atoms with Crippen molar-refractivity contribution in [2.75, 3.05) is 37.7 Å². The van der Waals surface area contributed by atoms with Crippen LogP contribution in [-0.2, 0) is 0 Å². The minimum atomic E-state index is -0.553. The SMILES string of the molecule is CCCOc1cc(F)c(N2CCNCC2)c(F)c1. The number of hydrogen-bond donors (Lipinski definition) is 1. The minimum absolute atomic E-state index is 0.0559. The quantitative estimate of drug-likeness (QED) is 0.893. The fourth-order valence-corrected chi connectivity index (χ4v) is 2.04. The number of anilines is 1. The van der Waals surface area contributed by atoms with Gasteiger partial charge in [-0.2, -0.15) is 0 Å². The molecule has 1 aromatic carbocycles. The van der Waals surface area contributed by atoms with Gasteiger partial charge in [0, 0.05) is 38.3 Å². The molecule has 0 saturated carbocycles. The Kier molecular flexibility index (Phi) is 4.36. The summed E-state index contributed by atoms with van der Waals surface area (Å²) in [5.41, 5.74) is 0.0559. The van der Waals surface area contributed by atoms with E-state index in [2.05, 4.69) is 5.32 Å². The van der Waals surface area contributed by atoms with Gasteiger partial charge in [0.1, 0.15) is 11.4 Å².